The summed E-state index contributed by atoms with van der Waals surface area (Å²) in [6, 6.07) is 3.17. The zero-order chi connectivity index (χ0) is 16.8. The minimum Gasteiger partial charge on any atom is -0.384 e. The van der Waals surface area contributed by atoms with Gasteiger partial charge in [-0.2, -0.15) is 0 Å². The van der Waals surface area contributed by atoms with Gasteiger partial charge in [-0.05, 0) is 37.4 Å². The fourth-order valence-electron chi connectivity index (χ4n) is 2.63. The molecule has 0 radical (unpaired) electrons. The quantitative estimate of drug-likeness (QED) is 0.596. The molecule has 1 saturated heterocycles. The van der Waals surface area contributed by atoms with E-state index in [4.69, 9.17) is 4.74 Å². The van der Waals surface area contributed by atoms with Gasteiger partial charge in [-0.25, -0.2) is 13.1 Å². The summed E-state index contributed by atoms with van der Waals surface area (Å²) in [5.41, 5.74) is -0.0811. The highest BCUT2D eigenvalue weighted by atomic mass is 35.5. The van der Waals surface area contributed by atoms with Crippen LogP contribution in [0, 0.1) is 5.41 Å². The lowest BCUT2D eigenvalue weighted by Crippen LogP contribution is -2.48. The Morgan fingerprint density at radius 3 is 2.71 bits per heavy atom. The number of hydrogen-bond donors (Lipinski definition) is 3. The normalized spacial score (nSPS) is 17.0. The molecule has 0 unspecified atom stereocenters. The molecule has 0 spiro atoms. The van der Waals surface area contributed by atoms with Crippen molar-refractivity contribution in [3.63, 3.8) is 0 Å². The van der Waals surface area contributed by atoms with Crippen LogP contribution in [0.5, 0.6) is 0 Å². The van der Waals surface area contributed by atoms with Crippen LogP contribution in [0.3, 0.4) is 0 Å². The third-order valence-electron chi connectivity index (χ3n) is 3.96. The maximum atomic E-state index is 12.0. The summed E-state index contributed by atoms with van der Waals surface area (Å²) in [7, 11) is -1.95. The number of hydrogen-bond acceptors (Lipinski definition) is 6. The van der Waals surface area contributed by atoms with Crippen LogP contribution < -0.4 is 15.4 Å². The highest BCUT2D eigenvalue weighted by molar-refractivity contribution is 7.91. The van der Waals surface area contributed by atoms with Gasteiger partial charge >= 0.3 is 0 Å². The lowest BCUT2D eigenvalue weighted by atomic mass is 9.79. The zero-order valence-electron chi connectivity index (χ0n) is 13.5. The summed E-state index contributed by atoms with van der Waals surface area (Å²) in [6.45, 7) is 2.59. The third-order valence-corrected chi connectivity index (χ3v) is 6.76. The van der Waals surface area contributed by atoms with E-state index in [2.05, 4.69) is 15.4 Å². The van der Waals surface area contributed by atoms with E-state index in [0.29, 0.717) is 13.2 Å². The molecular weight excluding hydrogens is 374 g/mol. The molecule has 24 heavy (non-hydrogen) atoms. The SMILES string of the molecule is COCC1(CNC(=O)CNS(=O)(=O)c2cccs2)CCNCC1.Cl. The van der Waals surface area contributed by atoms with E-state index in [-0.39, 0.29) is 34.5 Å². The molecule has 0 saturated carbocycles. The molecule has 1 fully saturated rings. The molecule has 3 N–H and O–H groups in total. The Labute approximate surface area is 153 Å². The van der Waals surface area contributed by atoms with Gasteiger partial charge in [-0.1, -0.05) is 6.07 Å². The first-order valence-corrected chi connectivity index (χ1v) is 9.83. The van der Waals surface area contributed by atoms with Crippen molar-refractivity contribution < 1.29 is 17.9 Å². The summed E-state index contributed by atoms with van der Waals surface area (Å²) >= 11 is 1.12. The lowest BCUT2D eigenvalue weighted by molar-refractivity contribution is -0.120. The van der Waals surface area contributed by atoms with Gasteiger partial charge in [0, 0.05) is 19.1 Å². The maximum absolute atomic E-state index is 12.0. The van der Waals surface area contributed by atoms with Crippen molar-refractivity contribution in [2.45, 2.75) is 17.1 Å². The summed E-state index contributed by atoms with van der Waals surface area (Å²) in [5.74, 6) is -0.334. The van der Waals surface area contributed by atoms with Gasteiger partial charge in [-0.3, -0.25) is 4.79 Å². The topological polar surface area (TPSA) is 96.5 Å². The predicted molar refractivity (Wildman–Crippen MR) is 96.2 cm³/mol. The molecule has 0 bridgehead atoms. The van der Waals surface area contributed by atoms with Gasteiger partial charge in [0.15, 0.2) is 0 Å². The highest BCUT2D eigenvalue weighted by Crippen LogP contribution is 2.28. The van der Waals surface area contributed by atoms with Crippen LogP contribution in [0.15, 0.2) is 21.7 Å². The number of halogens is 1. The van der Waals surface area contributed by atoms with E-state index in [9.17, 15) is 13.2 Å². The Morgan fingerprint density at radius 1 is 1.42 bits per heavy atom. The molecule has 2 heterocycles. The number of carbonyl (C=O) groups excluding carboxylic acids is 1. The third kappa shape index (κ3) is 5.98. The van der Waals surface area contributed by atoms with E-state index in [0.717, 1.165) is 37.3 Å². The van der Waals surface area contributed by atoms with Gasteiger partial charge in [0.05, 0.1) is 13.2 Å². The smallest absolute Gasteiger partial charge is 0.250 e. The van der Waals surface area contributed by atoms with Gasteiger partial charge in [-0.15, -0.1) is 23.7 Å². The molecule has 10 heteroatoms. The number of methoxy groups -OCH3 is 1. The average molecular weight is 398 g/mol. The number of nitrogens with one attached hydrogen (secondary N) is 3. The van der Waals surface area contributed by atoms with Gasteiger partial charge in [0.2, 0.25) is 5.91 Å². The number of piperidine rings is 1. The summed E-state index contributed by atoms with van der Waals surface area (Å²) < 4.78 is 31.7. The first kappa shape index (κ1) is 21.3. The van der Waals surface area contributed by atoms with Crippen molar-refractivity contribution >= 4 is 39.7 Å². The number of thiophene rings is 1. The lowest BCUT2D eigenvalue weighted by Gasteiger charge is -2.37. The van der Waals surface area contributed by atoms with Gasteiger partial charge in [0.1, 0.15) is 4.21 Å². The van der Waals surface area contributed by atoms with Crippen molar-refractivity contribution in [2.24, 2.45) is 5.41 Å². The second kappa shape index (κ2) is 9.69. The fourth-order valence-corrected chi connectivity index (χ4v) is 4.65. The van der Waals surface area contributed by atoms with Crippen molar-refractivity contribution in [1.82, 2.24) is 15.4 Å². The molecule has 0 aromatic carbocycles. The largest absolute Gasteiger partial charge is 0.384 e. The van der Waals surface area contributed by atoms with Crippen LogP contribution in [-0.2, 0) is 19.6 Å². The number of ether oxygens (including phenoxy) is 1. The monoisotopic (exact) mass is 397 g/mol. The van der Waals surface area contributed by atoms with Crippen molar-refractivity contribution in [3.05, 3.63) is 17.5 Å². The molecular formula is C14H24ClN3O4S2. The number of sulfonamides is 1. The first-order chi connectivity index (χ1) is 11.0. The standard InChI is InChI=1S/C14H23N3O4S2.ClH/c1-21-11-14(4-6-15-7-5-14)10-16-12(18)9-17-23(19,20)13-3-2-8-22-13;/h2-3,8,15,17H,4-7,9-11H2,1H3,(H,16,18);1H. The minimum atomic E-state index is -3.61. The number of amides is 1. The Kier molecular flexibility index (Phi) is 8.61. The average Bonchev–Trinajstić information content (AvgIpc) is 3.08. The van der Waals surface area contributed by atoms with E-state index in [1.54, 1.807) is 18.6 Å². The van der Waals surface area contributed by atoms with E-state index >= 15 is 0 Å². The molecule has 2 rings (SSSR count). The van der Waals surface area contributed by atoms with Crippen molar-refractivity contribution in [1.29, 1.82) is 0 Å². The molecule has 1 aliphatic rings. The van der Waals surface area contributed by atoms with Crippen LogP contribution in [-0.4, -0.2) is 54.2 Å². The zero-order valence-corrected chi connectivity index (χ0v) is 16.0. The second-order valence-corrected chi connectivity index (χ2v) is 8.66. The Balaban J connectivity index is 0.00000288. The highest BCUT2D eigenvalue weighted by Gasteiger charge is 2.32. The van der Waals surface area contributed by atoms with Crippen LogP contribution >= 0.6 is 23.7 Å². The predicted octanol–water partition coefficient (Wildman–Crippen LogP) is 0.581. The maximum Gasteiger partial charge on any atom is 0.250 e. The van der Waals surface area contributed by atoms with Crippen LogP contribution in [0.4, 0.5) is 0 Å². The van der Waals surface area contributed by atoms with E-state index < -0.39 is 10.0 Å². The summed E-state index contributed by atoms with van der Waals surface area (Å²) in [4.78, 5) is 12.0. The molecule has 1 amide bonds. The molecule has 7 nitrogen and oxygen atoms in total. The Bertz CT molecular complexity index is 596. The van der Waals surface area contributed by atoms with Crippen LogP contribution in [0.2, 0.25) is 0 Å². The Morgan fingerprint density at radius 2 is 2.12 bits per heavy atom. The number of rotatable bonds is 8. The molecule has 138 valence electrons. The molecule has 0 atom stereocenters. The van der Waals surface area contributed by atoms with Crippen molar-refractivity contribution in [2.75, 3.05) is 39.9 Å². The van der Waals surface area contributed by atoms with Crippen molar-refractivity contribution in [3.8, 4) is 0 Å². The molecule has 0 aliphatic carbocycles. The molecule has 1 aliphatic heterocycles. The van der Waals surface area contributed by atoms with Crippen LogP contribution in [0.25, 0.3) is 0 Å². The Hall–Kier alpha value is -0.710. The summed E-state index contributed by atoms with van der Waals surface area (Å²) in [5, 5.41) is 7.79. The molecule has 1 aromatic rings. The van der Waals surface area contributed by atoms with E-state index in [1.807, 2.05) is 0 Å². The first-order valence-electron chi connectivity index (χ1n) is 7.47. The minimum absolute atomic E-state index is 0. The number of carbonyl (C=O) groups is 1. The second-order valence-electron chi connectivity index (χ2n) is 5.72. The van der Waals surface area contributed by atoms with Gasteiger partial charge in [0.25, 0.3) is 10.0 Å². The van der Waals surface area contributed by atoms with Gasteiger partial charge < -0.3 is 15.4 Å². The summed E-state index contributed by atoms with van der Waals surface area (Å²) in [6.07, 6.45) is 1.84. The fraction of sp³-hybridized carbons (Fsp3) is 0.643. The molecule has 1 aromatic heterocycles. The van der Waals surface area contributed by atoms with Crippen LogP contribution in [0.1, 0.15) is 12.8 Å². The van der Waals surface area contributed by atoms with E-state index in [1.165, 1.54) is 6.07 Å².